The van der Waals surface area contributed by atoms with Crippen LogP contribution in [-0.2, 0) is 16.1 Å². The number of alkyl carbamates (subject to hydrolysis) is 1. The van der Waals surface area contributed by atoms with Gasteiger partial charge < -0.3 is 19.2 Å². The molecule has 4 rings (SSSR count). The summed E-state index contributed by atoms with van der Waals surface area (Å²) in [6, 6.07) is 19.0. The van der Waals surface area contributed by atoms with Gasteiger partial charge in [0, 0.05) is 10.9 Å². The van der Waals surface area contributed by atoms with Crippen molar-refractivity contribution < 1.29 is 23.5 Å². The standard InChI is InChI=1S/C28H27NO6/c1-4-17(2)24(29-28(32)33-16-19-10-6-5-7-11-19)27(31)34-23-15-14-21-20-12-8-9-13-22(20)26(30)35-25(21)18(23)3/h5-15,17,24H,4,16H2,1-3H3,(H,29,32)/t17-,24+/m1/s1. The second-order valence-electron chi connectivity index (χ2n) is 8.49. The van der Waals surface area contributed by atoms with E-state index in [1.54, 1.807) is 31.2 Å². The number of fused-ring (bicyclic) bond motifs is 3. The third kappa shape index (κ3) is 5.19. The van der Waals surface area contributed by atoms with Crippen molar-refractivity contribution in [3.63, 3.8) is 0 Å². The molecule has 1 heterocycles. The first-order valence-electron chi connectivity index (χ1n) is 11.5. The first-order chi connectivity index (χ1) is 16.9. The highest BCUT2D eigenvalue weighted by molar-refractivity contribution is 6.05. The molecule has 1 aromatic heterocycles. The van der Waals surface area contributed by atoms with Gasteiger partial charge in [-0.15, -0.1) is 0 Å². The monoisotopic (exact) mass is 473 g/mol. The Balaban J connectivity index is 1.55. The first kappa shape index (κ1) is 24.0. The fourth-order valence-corrected chi connectivity index (χ4v) is 3.90. The van der Waals surface area contributed by atoms with Crippen molar-refractivity contribution in [3.8, 4) is 5.75 Å². The van der Waals surface area contributed by atoms with E-state index in [0.717, 1.165) is 16.3 Å². The van der Waals surface area contributed by atoms with Gasteiger partial charge in [0.25, 0.3) is 0 Å². The Morgan fingerprint density at radius 3 is 2.34 bits per heavy atom. The van der Waals surface area contributed by atoms with Crippen LogP contribution >= 0.6 is 0 Å². The lowest BCUT2D eigenvalue weighted by Crippen LogP contribution is -2.47. The van der Waals surface area contributed by atoms with Crippen LogP contribution in [0.1, 0.15) is 31.4 Å². The molecule has 7 nitrogen and oxygen atoms in total. The fraction of sp³-hybridized carbons (Fsp3) is 0.250. The minimum absolute atomic E-state index is 0.0890. The van der Waals surface area contributed by atoms with Crippen molar-refractivity contribution in [2.24, 2.45) is 5.92 Å². The number of ether oxygens (including phenoxy) is 2. The van der Waals surface area contributed by atoms with Crippen LogP contribution in [-0.4, -0.2) is 18.1 Å². The number of carbonyl (C=O) groups excluding carboxylic acids is 2. The molecule has 4 aromatic rings. The molecule has 0 aliphatic rings. The Kier molecular flexibility index (Phi) is 7.15. The predicted molar refractivity (Wildman–Crippen MR) is 133 cm³/mol. The third-order valence-corrected chi connectivity index (χ3v) is 6.15. The second kappa shape index (κ2) is 10.4. The second-order valence-corrected chi connectivity index (χ2v) is 8.49. The quantitative estimate of drug-likeness (QED) is 0.165. The van der Waals surface area contributed by atoms with Gasteiger partial charge >= 0.3 is 17.7 Å². The van der Waals surface area contributed by atoms with Crippen molar-refractivity contribution >= 4 is 33.8 Å². The number of rotatable bonds is 7. The van der Waals surface area contributed by atoms with Crippen LogP contribution < -0.4 is 15.7 Å². The molecule has 2 atom stereocenters. The molecule has 1 amide bonds. The van der Waals surface area contributed by atoms with Crippen molar-refractivity contribution in [1.82, 2.24) is 5.32 Å². The SMILES string of the molecule is CC[C@@H](C)[C@H](NC(=O)OCc1ccccc1)C(=O)Oc1ccc2c(oc(=O)c3ccccc32)c1C. The Labute approximate surface area is 202 Å². The number of hydrogen-bond donors (Lipinski definition) is 1. The summed E-state index contributed by atoms with van der Waals surface area (Å²) >= 11 is 0. The van der Waals surface area contributed by atoms with Gasteiger partial charge in [0.2, 0.25) is 0 Å². The lowest BCUT2D eigenvalue weighted by atomic mass is 9.99. The maximum absolute atomic E-state index is 13.1. The summed E-state index contributed by atoms with van der Waals surface area (Å²) in [7, 11) is 0. The summed E-state index contributed by atoms with van der Waals surface area (Å²) in [5.41, 5.74) is 1.26. The van der Waals surface area contributed by atoms with Crippen molar-refractivity contribution in [1.29, 1.82) is 0 Å². The molecule has 0 fully saturated rings. The fourth-order valence-electron chi connectivity index (χ4n) is 3.90. The largest absolute Gasteiger partial charge is 0.445 e. The van der Waals surface area contributed by atoms with Crippen LogP contribution in [0.3, 0.4) is 0 Å². The maximum Gasteiger partial charge on any atom is 0.408 e. The number of nitrogens with one attached hydrogen (secondary N) is 1. The van der Waals surface area contributed by atoms with Crippen LogP contribution in [0.15, 0.2) is 75.9 Å². The van der Waals surface area contributed by atoms with Crippen molar-refractivity contribution in [2.45, 2.75) is 39.8 Å². The normalized spacial score (nSPS) is 12.8. The van der Waals surface area contributed by atoms with Crippen LogP contribution in [0.25, 0.3) is 21.7 Å². The van der Waals surface area contributed by atoms with E-state index in [2.05, 4.69) is 5.32 Å². The Morgan fingerprint density at radius 1 is 0.943 bits per heavy atom. The summed E-state index contributed by atoms with van der Waals surface area (Å²) in [4.78, 5) is 38.0. The average Bonchev–Trinajstić information content (AvgIpc) is 2.88. The maximum atomic E-state index is 13.1. The molecule has 3 aromatic carbocycles. The van der Waals surface area contributed by atoms with E-state index < -0.39 is 23.7 Å². The molecular formula is C28H27NO6. The molecule has 1 N–H and O–H groups in total. The Hall–Kier alpha value is -4.13. The van der Waals surface area contributed by atoms with Gasteiger partial charge in [-0.1, -0.05) is 68.8 Å². The molecular weight excluding hydrogens is 446 g/mol. The molecule has 0 radical (unpaired) electrons. The van der Waals surface area contributed by atoms with Crippen LogP contribution in [0.2, 0.25) is 0 Å². The van der Waals surface area contributed by atoms with E-state index in [1.165, 1.54) is 0 Å². The van der Waals surface area contributed by atoms with E-state index in [4.69, 9.17) is 13.9 Å². The van der Waals surface area contributed by atoms with Crippen molar-refractivity contribution in [2.75, 3.05) is 0 Å². The van der Waals surface area contributed by atoms with E-state index in [-0.39, 0.29) is 18.3 Å². The van der Waals surface area contributed by atoms with Crippen LogP contribution in [0, 0.1) is 12.8 Å². The van der Waals surface area contributed by atoms with Gasteiger partial charge in [0.15, 0.2) is 0 Å². The molecule has 0 spiro atoms. The minimum Gasteiger partial charge on any atom is -0.445 e. The molecule has 180 valence electrons. The van der Waals surface area contributed by atoms with Gasteiger partial charge in [-0.05, 0) is 42.0 Å². The van der Waals surface area contributed by atoms with Crippen LogP contribution in [0.5, 0.6) is 5.75 Å². The number of benzene rings is 3. The Bertz CT molecular complexity index is 1430. The number of esters is 1. The molecule has 35 heavy (non-hydrogen) atoms. The highest BCUT2D eigenvalue weighted by Gasteiger charge is 2.29. The number of aryl methyl sites for hydroxylation is 1. The Morgan fingerprint density at radius 2 is 1.63 bits per heavy atom. The van der Waals surface area contributed by atoms with Crippen molar-refractivity contribution in [3.05, 3.63) is 88.3 Å². The first-order valence-corrected chi connectivity index (χ1v) is 11.5. The summed E-state index contributed by atoms with van der Waals surface area (Å²) in [6.45, 7) is 5.58. The number of carbonyl (C=O) groups is 2. The highest BCUT2D eigenvalue weighted by atomic mass is 16.6. The highest BCUT2D eigenvalue weighted by Crippen LogP contribution is 2.31. The molecule has 0 unspecified atom stereocenters. The van der Waals surface area contributed by atoms with Gasteiger partial charge in [-0.2, -0.15) is 0 Å². The van der Waals surface area contributed by atoms with E-state index in [0.29, 0.717) is 23.0 Å². The molecule has 0 aliphatic heterocycles. The summed E-state index contributed by atoms with van der Waals surface area (Å²) in [5.74, 6) is -0.565. The minimum atomic E-state index is -0.915. The summed E-state index contributed by atoms with van der Waals surface area (Å²) in [5, 5.41) is 4.64. The molecule has 0 aliphatic carbocycles. The number of amides is 1. The lowest BCUT2D eigenvalue weighted by molar-refractivity contribution is -0.138. The summed E-state index contributed by atoms with van der Waals surface area (Å²) in [6.07, 6.45) is -0.0696. The van der Waals surface area contributed by atoms with E-state index >= 15 is 0 Å². The summed E-state index contributed by atoms with van der Waals surface area (Å²) < 4.78 is 16.5. The predicted octanol–water partition coefficient (Wildman–Crippen LogP) is 5.50. The smallest absolute Gasteiger partial charge is 0.408 e. The zero-order valence-electron chi connectivity index (χ0n) is 19.9. The van der Waals surface area contributed by atoms with Gasteiger partial charge in [-0.25, -0.2) is 14.4 Å². The van der Waals surface area contributed by atoms with Crippen LogP contribution in [0.4, 0.5) is 4.79 Å². The molecule has 0 saturated heterocycles. The van der Waals surface area contributed by atoms with Gasteiger partial charge in [-0.3, -0.25) is 0 Å². The van der Waals surface area contributed by atoms with E-state index in [9.17, 15) is 14.4 Å². The average molecular weight is 474 g/mol. The van der Waals surface area contributed by atoms with E-state index in [1.807, 2.05) is 56.3 Å². The topological polar surface area (TPSA) is 94.8 Å². The third-order valence-electron chi connectivity index (χ3n) is 6.15. The zero-order chi connectivity index (χ0) is 24.9. The van der Waals surface area contributed by atoms with Gasteiger partial charge in [0.05, 0.1) is 5.39 Å². The number of hydrogen-bond acceptors (Lipinski definition) is 6. The molecule has 7 heteroatoms. The lowest BCUT2D eigenvalue weighted by Gasteiger charge is -2.22. The molecule has 0 bridgehead atoms. The van der Waals surface area contributed by atoms with Gasteiger partial charge in [0.1, 0.15) is 24.0 Å². The zero-order valence-corrected chi connectivity index (χ0v) is 19.9. The molecule has 0 saturated carbocycles.